The van der Waals surface area contributed by atoms with Crippen molar-refractivity contribution in [3.63, 3.8) is 0 Å². The van der Waals surface area contributed by atoms with Crippen LogP contribution in [0.4, 0.5) is 0 Å². The molecule has 0 saturated heterocycles. The van der Waals surface area contributed by atoms with E-state index < -0.39 is 30.5 Å². The molecular weight excluding hydrogens is 366 g/mol. The van der Waals surface area contributed by atoms with Gasteiger partial charge >= 0.3 is 11.9 Å². The van der Waals surface area contributed by atoms with Crippen LogP contribution in [-0.4, -0.2) is 37.6 Å². The molecular formula is C16H20BrNO5. The highest BCUT2D eigenvalue weighted by Gasteiger charge is 2.26. The van der Waals surface area contributed by atoms with Gasteiger partial charge in [0.05, 0.1) is 12.7 Å². The van der Waals surface area contributed by atoms with Crippen LogP contribution in [0.15, 0.2) is 28.7 Å². The minimum atomic E-state index is -0.760. The zero-order valence-corrected chi connectivity index (χ0v) is 14.9. The Kier molecular flexibility index (Phi) is 7.74. The number of amides is 1. The fraction of sp³-hybridized carbons (Fsp3) is 0.438. The Labute approximate surface area is 143 Å². The summed E-state index contributed by atoms with van der Waals surface area (Å²) in [6, 6.07) is 5.81. The molecule has 0 heterocycles. The summed E-state index contributed by atoms with van der Waals surface area (Å²) in [6.07, 6.45) is 0.693. The Bertz CT molecular complexity index is 558. The van der Waals surface area contributed by atoms with E-state index in [1.807, 2.05) is 13.8 Å². The number of rotatable bonds is 7. The number of carbonyl (C=O) groups excluding carboxylic acids is 3. The predicted octanol–water partition coefficient (Wildman–Crippen LogP) is 2.31. The number of carbonyl (C=O) groups is 3. The largest absolute Gasteiger partial charge is 0.467 e. The minimum Gasteiger partial charge on any atom is -0.467 e. The Balaban J connectivity index is 2.56. The van der Waals surface area contributed by atoms with Gasteiger partial charge in [0, 0.05) is 4.47 Å². The van der Waals surface area contributed by atoms with Crippen LogP contribution < -0.4 is 5.32 Å². The molecule has 126 valence electrons. The third-order valence-corrected chi connectivity index (χ3v) is 3.93. The van der Waals surface area contributed by atoms with Gasteiger partial charge in [-0.25, -0.2) is 9.59 Å². The number of benzene rings is 1. The topological polar surface area (TPSA) is 81.7 Å². The van der Waals surface area contributed by atoms with Crippen LogP contribution in [0.2, 0.25) is 0 Å². The molecule has 0 spiro atoms. The van der Waals surface area contributed by atoms with Crippen molar-refractivity contribution in [1.29, 1.82) is 0 Å². The van der Waals surface area contributed by atoms with Gasteiger partial charge in [0.25, 0.3) is 5.91 Å². The molecule has 0 bridgehead atoms. The Hall–Kier alpha value is -1.89. The smallest absolute Gasteiger partial charge is 0.338 e. The molecule has 0 aromatic heterocycles. The molecule has 1 amide bonds. The molecule has 0 aliphatic heterocycles. The van der Waals surface area contributed by atoms with Crippen LogP contribution in [0.5, 0.6) is 0 Å². The van der Waals surface area contributed by atoms with Crippen LogP contribution >= 0.6 is 15.9 Å². The SMILES string of the molecule is CC[C@@H](C)[C@@H](NC(=O)COC(=O)c1ccc(Br)cc1)C(=O)OC. The Morgan fingerprint density at radius 2 is 1.83 bits per heavy atom. The molecule has 1 aromatic carbocycles. The van der Waals surface area contributed by atoms with Gasteiger partial charge in [0.1, 0.15) is 6.04 Å². The molecule has 1 aromatic rings. The van der Waals surface area contributed by atoms with E-state index in [2.05, 4.69) is 26.0 Å². The lowest BCUT2D eigenvalue weighted by Gasteiger charge is -2.21. The lowest BCUT2D eigenvalue weighted by atomic mass is 9.99. The maximum Gasteiger partial charge on any atom is 0.338 e. The van der Waals surface area contributed by atoms with Crippen molar-refractivity contribution in [3.05, 3.63) is 34.3 Å². The van der Waals surface area contributed by atoms with E-state index in [0.717, 1.165) is 4.47 Å². The first-order valence-corrected chi connectivity index (χ1v) is 7.98. The molecule has 1 N–H and O–H groups in total. The standard InChI is InChI=1S/C16H20BrNO5/c1-4-10(2)14(16(21)22-3)18-13(19)9-23-15(20)11-5-7-12(17)8-6-11/h5-8,10,14H,4,9H2,1-3H3,(H,18,19)/t10-,14-/m1/s1. The average molecular weight is 386 g/mol. The first-order chi connectivity index (χ1) is 10.9. The van der Waals surface area contributed by atoms with E-state index in [-0.39, 0.29) is 5.92 Å². The van der Waals surface area contributed by atoms with E-state index in [9.17, 15) is 14.4 Å². The molecule has 7 heteroatoms. The molecule has 0 aliphatic rings. The summed E-state index contributed by atoms with van der Waals surface area (Å²) in [6.45, 7) is 3.27. The van der Waals surface area contributed by atoms with Crippen LogP contribution in [0, 0.1) is 5.92 Å². The quantitative estimate of drug-likeness (QED) is 0.728. The summed E-state index contributed by atoms with van der Waals surface area (Å²) >= 11 is 3.26. The second-order valence-electron chi connectivity index (χ2n) is 5.04. The van der Waals surface area contributed by atoms with Crippen LogP contribution in [0.1, 0.15) is 30.6 Å². The highest BCUT2D eigenvalue weighted by Crippen LogP contribution is 2.12. The number of esters is 2. The van der Waals surface area contributed by atoms with Crippen molar-refractivity contribution in [2.75, 3.05) is 13.7 Å². The van der Waals surface area contributed by atoms with Gasteiger partial charge in [-0.1, -0.05) is 36.2 Å². The zero-order valence-electron chi connectivity index (χ0n) is 13.3. The molecule has 23 heavy (non-hydrogen) atoms. The van der Waals surface area contributed by atoms with E-state index in [1.165, 1.54) is 7.11 Å². The lowest BCUT2D eigenvalue weighted by molar-refractivity contribution is -0.147. The van der Waals surface area contributed by atoms with Crippen LogP contribution in [-0.2, 0) is 19.1 Å². The summed E-state index contributed by atoms with van der Waals surface area (Å²) in [5.74, 6) is -1.77. The first kappa shape index (κ1) is 19.2. The van der Waals surface area contributed by atoms with Gasteiger partial charge in [-0.05, 0) is 30.2 Å². The number of nitrogens with one attached hydrogen (secondary N) is 1. The molecule has 2 atom stereocenters. The second kappa shape index (κ2) is 9.29. The van der Waals surface area contributed by atoms with Crippen molar-refractivity contribution in [1.82, 2.24) is 5.32 Å². The van der Waals surface area contributed by atoms with Crippen molar-refractivity contribution < 1.29 is 23.9 Å². The summed E-state index contributed by atoms with van der Waals surface area (Å²) < 4.78 is 10.4. The van der Waals surface area contributed by atoms with Crippen LogP contribution in [0.25, 0.3) is 0 Å². The van der Waals surface area contributed by atoms with Gasteiger partial charge in [-0.3, -0.25) is 4.79 Å². The third-order valence-electron chi connectivity index (χ3n) is 3.40. The maximum absolute atomic E-state index is 11.9. The monoisotopic (exact) mass is 385 g/mol. The number of halogens is 1. The lowest BCUT2D eigenvalue weighted by Crippen LogP contribution is -2.47. The van der Waals surface area contributed by atoms with Gasteiger partial charge < -0.3 is 14.8 Å². The fourth-order valence-corrected chi connectivity index (χ4v) is 2.08. The minimum absolute atomic E-state index is 0.0893. The molecule has 0 fully saturated rings. The highest BCUT2D eigenvalue weighted by atomic mass is 79.9. The normalized spacial score (nSPS) is 12.9. The zero-order chi connectivity index (χ0) is 17.4. The molecule has 0 saturated carbocycles. The predicted molar refractivity (Wildman–Crippen MR) is 87.8 cm³/mol. The highest BCUT2D eigenvalue weighted by molar-refractivity contribution is 9.10. The average Bonchev–Trinajstić information content (AvgIpc) is 2.56. The fourth-order valence-electron chi connectivity index (χ4n) is 1.81. The van der Waals surface area contributed by atoms with Crippen molar-refractivity contribution in [3.8, 4) is 0 Å². The van der Waals surface area contributed by atoms with Gasteiger partial charge in [-0.15, -0.1) is 0 Å². The van der Waals surface area contributed by atoms with Crippen molar-refractivity contribution in [2.45, 2.75) is 26.3 Å². The molecule has 6 nitrogen and oxygen atoms in total. The summed E-state index contributed by atoms with van der Waals surface area (Å²) in [5, 5.41) is 2.54. The third kappa shape index (κ3) is 6.02. The Morgan fingerprint density at radius 3 is 2.35 bits per heavy atom. The first-order valence-electron chi connectivity index (χ1n) is 7.18. The maximum atomic E-state index is 11.9. The second-order valence-corrected chi connectivity index (χ2v) is 5.95. The number of ether oxygens (including phenoxy) is 2. The van der Waals surface area contributed by atoms with E-state index in [4.69, 9.17) is 4.74 Å². The van der Waals surface area contributed by atoms with E-state index >= 15 is 0 Å². The number of hydrogen-bond acceptors (Lipinski definition) is 5. The molecule has 1 rings (SSSR count). The molecule has 0 radical (unpaired) electrons. The van der Waals surface area contributed by atoms with Gasteiger partial charge in [-0.2, -0.15) is 0 Å². The summed E-state index contributed by atoms with van der Waals surface area (Å²) in [5.41, 5.74) is 0.340. The number of hydrogen-bond donors (Lipinski definition) is 1. The van der Waals surface area contributed by atoms with Crippen LogP contribution in [0.3, 0.4) is 0 Å². The van der Waals surface area contributed by atoms with E-state index in [1.54, 1.807) is 24.3 Å². The van der Waals surface area contributed by atoms with Crippen molar-refractivity contribution in [2.24, 2.45) is 5.92 Å². The molecule has 0 aliphatic carbocycles. The van der Waals surface area contributed by atoms with Gasteiger partial charge in [0.2, 0.25) is 0 Å². The van der Waals surface area contributed by atoms with Crippen molar-refractivity contribution >= 4 is 33.8 Å². The number of methoxy groups -OCH3 is 1. The summed E-state index contributed by atoms with van der Waals surface area (Å²) in [7, 11) is 1.26. The Morgan fingerprint density at radius 1 is 1.22 bits per heavy atom. The van der Waals surface area contributed by atoms with E-state index in [0.29, 0.717) is 12.0 Å². The van der Waals surface area contributed by atoms with Gasteiger partial charge in [0.15, 0.2) is 6.61 Å². The summed E-state index contributed by atoms with van der Waals surface area (Å²) in [4.78, 5) is 35.4. The molecule has 0 unspecified atom stereocenters.